The Kier molecular flexibility index (Phi) is 8.23. The van der Waals surface area contributed by atoms with E-state index in [-0.39, 0.29) is 39.3 Å². The Morgan fingerprint density at radius 1 is 0.500 bits per heavy atom. The second kappa shape index (κ2) is 12.1. The molecule has 44 heavy (non-hydrogen) atoms. The molecule has 0 aliphatic rings. The standard InChI is InChI=1S/C28H21N7O7S2/c29-19-6-11-26(36)23(16-19)33-31-21-7-9-22(10-8-21)32-35-25-13-17-12-24(34-30-20-4-2-1-3-5-20)27(43(37,38)39)14-18(17)15-28(25)44(40,41)42/h1-16,36H,29H2,(H,37,38,39)(H,40,41,42). The molecule has 0 saturated carbocycles. The number of nitrogen functional groups attached to an aromatic ring is 1. The maximum atomic E-state index is 12.2. The quantitative estimate of drug-likeness (QED) is 0.0568. The van der Waals surface area contributed by atoms with Crippen LogP contribution in [0.15, 0.2) is 138 Å². The van der Waals surface area contributed by atoms with Gasteiger partial charge in [0.2, 0.25) is 0 Å². The van der Waals surface area contributed by atoms with Crippen LogP contribution in [0.25, 0.3) is 10.8 Å². The van der Waals surface area contributed by atoms with E-state index in [0.717, 1.165) is 12.1 Å². The Bertz CT molecular complexity index is 2190. The lowest BCUT2D eigenvalue weighted by molar-refractivity contribution is 0.476. The Morgan fingerprint density at radius 2 is 0.932 bits per heavy atom. The van der Waals surface area contributed by atoms with Crippen molar-refractivity contribution < 1.29 is 31.0 Å². The van der Waals surface area contributed by atoms with Crippen molar-refractivity contribution in [2.24, 2.45) is 30.7 Å². The van der Waals surface area contributed by atoms with Crippen LogP contribution < -0.4 is 5.73 Å². The normalized spacial score (nSPS) is 12.6. The smallest absolute Gasteiger partial charge is 0.296 e. The monoisotopic (exact) mass is 631 g/mol. The molecule has 5 aromatic rings. The number of hydrogen-bond donors (Lipinski definition) is 4. The molecule has 5 rings (SSSR count). The van der Waals surface area contributed by atoms with Gasteiger partial charge in [0.25, 0.3) is 20.2 Å². The third-order valence-corrected chi connectivity index (χ3v) is 7.74. The topological polar surface area (TPSA) is 229 Å². The molecular formula is C28H21N7O7S2. The maximum absolute atomic E-state index is 12.2. The van der Waals surface area contributed by atoms with Crippen molar-refractivity contribution in [1.29, 1.82) is 0 Å². The van der Waals surface area contributed by atoms with Gasteiger partial charge in [-0.25, -0.2) is 0 Å². The zero-order valence-corrected chi connectivity index (χ0v) is 23.9. The highest BCUT2D eigenvalue weighted by Gasteiger charge is 2.21. The van der Waals surface area contributed by atoms with Crippen molar-refractivity contribution in [2.75, 3.05) is 5.73 Å². The largest absolute Gasteiger partial charge is 0.506 e. The van der Waals surface area contributed by atoms with Gasteiger partial charge in [-0.15, -0.1) is 15.3 Å². The highest BCUT2D eigenvalue weighted by Crippen LogP contribution is 2.37. The van der Waals surface area contributed by atoms with Crippen molar-refractivity contribution in [3.8, 4) is 5.75 Å². The summed E-state index contributed by atoms with van der Waals surface area (Å²) in [7, 11) is -9.65. The molecule has 0 heterocycles. The van der Waals surface area contributed by atoms with Gasteiger partial charge in [0.15, 0.2) is 0 Å². The lowest BCUT2D eigenvalue weighted by Crippen LogP contribution is -2.01. The first-order valence-corrected chi connectivity index (χ1v) is 15.3. The van der Waals surface area contributed by atoms with E-state index in [1.165, 1.54) is 42.5 Å². The lowest BCUT2D eigenvalue weighted by Gasteiger charge is -2.09. The van der Waals surface area contributed by atoms with E-state index in [0.29, 0.717) is 17.1 Å². The summed E-state index contributed by atoms with van der Waals surface area (Å²) >= 11 is 0. The number of azo groups is 3. The van der Waals surface area contributed by atoms with Crippen molar-refractivity contribution in [1.82, 2.24) is 0 Å². The highest BCUT2D eigenvalue weighted by atomic mass is 32.2. The molecule has 0 aromatic heterocycles. The Hall–Kier alpha value is -5.42. The van der Waals surface area contributed by atoms with Crippen LogP contribution in [0.4, 0.5) is 39.8 Å². The molecule has 0 atom stereocenters. The third-order valence-electron chi connectivity index (χ3n) is 5.98. The summed E-state index contributed by atoms with van der Waals surface area (Å²) in [4.78, 5) is -1.27. The summed E-state index contributed by atoms with van der Waals surface area (Å²) < 4.78 is 68.3. The van der Waals surface area contributed by atoms with Gasteiger partial charge in [0.1, 0.15) is 32.6 Å². The fourth-order valence-corrected chi connectivity index (χ4v) is 5.17. The summed E-state index contributed by atoms with van der Waals surface area (Å²) in [6.45, 7) is 0. The predicted octanol–water partition coefficient (Wildman–Crippen LogP) is 7.87. The molecule has 0 spiro atoms. The maximum Gasteiger partial charge on any atom is 0.296 e. The molecule has 0 aliphatic heterocycles. The molecule has 14 nitrogen and oxygen atoms in total. The van der Waals surface area contributed by atoms with Crippen LogP contribution >= 0.6 is 0 Å². The SMILES string of the molecule is Nc1ccc(O)c(N=Nc2ccc(N=Nc3cc4cc(N=Nc5ccccc5)c(S(=O)(=O)O)cc4cc3S(=O)(=O)O)cc2)c1. The number of phenols is 1. The molecule has 5 aromatic carbocycles. The Balaban J connectivity index is 1.51. The molecule has 16 heteroatoms. The molecule has 5 N–H and O–H groups in total. The summed E-state index contributed by atoms with van der Waals surface area (Å²) in [5.74, 6) is -0.0982. The van der Waals surface area contributed by atoms with Gasteiger partial charge in [0, 0.05) is 5.69 Å². The number of fused-ring (bicyclic) bond motifs is 1. The van der Waals surface area contributed by atoms with Crippen molar-refractivity contribution >= 4 is 70.8 Å². The average molecular weight is 632 g/mol. The fourth-order valence-electron chi connectivity index (χ4n) is 3.89. The van der Waals surface area contributed by atoms with Gasteiger partial charge < -0.3 is 10.8 Å². The summed E-state index contributed by atoms with van der Waals surface area (Å²) in [6, 6.07) is 23.5. The first kappa shape index (κ1) is 30.1. The van der Waals surface area contributed by atoms with Crippen LogP contribution in [0.5, 0.6) is 5.75 Å². The van der Waals surface area contributed by atoms with Gasteiger partial charge in [-0.05, 0) is 89.6 Å². The number of rotatable bonds is 8. The highest BCUT2D eigenvalue weighted by molar-refractivity contribution is 7.86. The first-order chi connectivity index (χ1) is 20.9. The van der Waals surface area contributed by atoms with Crippen LogP contribution in [-0.2, 0) is 20.2 Å². The van der Waals surface area contributed by atoms with Crippen LogP contribution in [0.1, 0.15) is 0 Å². The molecular weight excluding hydrogens is 610 g/mol. The van der Waals surface area contributed by atoms with E-state index in [1.807, 2.05) is 0 Å². The first-order valence-electron chi connectivity index (χ1n) is 12.4. The number of anilines is 1. The zero-order valence-electron chi connectivity index (χ0n) is 22.3. The minimum absolute atomic E-state index is 0.0452. The summed E-state index contributed by atoms with van der Waals surface area (Å²) in [5, 5.41) is 34.2. The number of hydrogen-bond acceptors (Lipinski definition) is 12. The number of phenolic OH excluding ortho intramolecular Hbond substituents is 1. The predicted molar refractivity (Wildman–Crippen MR) is 162 cm³/mol. The van der Waals surface area contributed by atoms with Crippen molar-refractivity contribution in [3.63, 3.8) is 0 Å². The van der Waals surface area contributed by atoms with E-state index in [4.69, 9.17) is 5.73 Å². The van der Waals surface area contributed by atoms with E-state index in [2.05, 4.69) is 30.7 Å². The zero-order chi connectivity index (χ0) is 31.5. The van der Waals surface area contributed by atoms with E-state index in [9.17, 15) is 31.0 Å². The number of benzene rings is 5. The van der Waals surface area contributed by atoms with Crippen LogP contribution in [0, 0.1) is 0 Å². The van der Waals surface area contributed by atoms with Crippen LogP contribution in [-0.4, -0.2) is 31.0 Å². The van der Waals surface area contributed by atoms with Crippen LogP contribution in [0.3, 0.4) is 0 Å². The van der Waals surface area contributed by atoms with E-state index in [1.54, 1.807) is 42.5 Å². The summed E-state index contributed by atoms with van der Waals surface area (Å²) in [6.07, 6.45) is 0. The van der Waals surface area contributed by atoms with E-state index < -0.39 is 30.0 Å². The average Bonchev–Trinajstić information content (AvgIpc) is 2.98. The molecule has 0 saturated heterocycles. The lowest BCUT2D eigenvalue weighted by atomic mass is 10.1. The van der Waals surface area contributed by atoms with Crippen LogP contribution in [0.2, 0.25) is 0 Å². The van der Waals surface area contributed by atoms with Gasteiger partial charge in [0.05, 0.1) is 17.1 Å². The Morgan fingerprint density at radius 3 is 1.41 bits per heavy atom. The van der Waals surface area contributed by atoms with E-state index >= 15 is 0 Å². The number of aromatic hydroxyl groups is 1. The van der Waals surface area contributed by atoms with Crippen molar-refractivity contribution in [3.05, 3.63) is 97.1 Å². The number of nitrogens with zero attached hydrogens (tertiary/aromatic N) is 6. The second-order valence-electron chi connectivity index (χ2n) is 9.14. The van der Waals surface area contributed by atoms with Gasteiger partial charge in [-0.3, -0.25) is 9.11 Å². The fraction of sp³-hybridized carbons (Fsp3) is 0. The molecule has 0 amide bonds. The molecule has 0 fully saturated rings. The minimum atomic E-state index is -4.85. The van der Waals surface area contributed by atoms with Gasteiger partial charge in [-0.1, -0.05) is 18.2 Å². The van der Waals surface area contributed by atoms with Gasteiger partial charge >= 0.3 is 0 Å². The second-order valence-corrected chi connectivity index (χ2v) is 11.9. The number of nitrogens with two attached hydrogens (primary N) is 1. The minimum Gasteiger partial charge on any atom is -0.506 e. The third kappa shape index (κ3) is 7.13. The molecule has 0 bridgehead atoms. The Labute approximate surface area is 250 Å². The summed E-state index contributed by atoms with van der Waals surface area (Å²) in [5.41, 5.74) is 6.91. The molecule has 0 radical (unpaired) electrons. The molecule has 0 unspecified atom stereocenters. The van der Waals surface area contributed by atoms with Crippen molar-refractivity contribution in [2.45, 2.75) is 9.79 Å². The molecule has 0 aliphatic carbocycles. The van der Waals surface area contributed by atoms with Gasteiger partial charge in [-0.2, -0.15) is 32.2 Å². The molecule has 222 valence electrons.